The van der Waals surface area contributed by atoms with Gasteiger partial charge in [0.05, 0.1) is 41.8 Å². The molecule has 154 valence electrons. The number of benzene rings is 2. The maximum atomic E-state index is 13.4. The van der Waals surface area contributed by atoms with E-state index in [1.165, 1.54) is 16.3 Å². The van der Waals surface area contributed by atoms with Crippen molar-refractivity contribution in [2.45, 2.75) is 18.0 Å². The van der Waals surface area contributed by atoms with Gasteiger partial charge >= 0.3 is 0 Å². The second-order valence-electron chi connectivity index (χ2n) is 6.78. The molecule has 0 bridgehead atoms. The molecule has 0 aliphatic carbocycles. The number of methoxy groups -OCH3 is 1. The van der Waals surface area contributed by atoms with Gasteiger partial charge in [-0.15, -0.1) is 10.2 Å². The van der Waals surface area contributed by atoms with Crippen LogP contribution >= 0.6 is 11.8 Å². The van der Waals surface area contributed by atoms with Crippen LogP contribution in [0.15, 0.2) is 58.5 Å². The van der Waals surface area contributed by atoms with Crippen LogP contribution < -0.4 is 10.3 Å². The first-order valence-electron chi connectivity index (χ1n) is 9.61. The molecule has 1 atom stereocenters. The average molecular weight is 430 g/mol. The number of nitriles is 2. The highest BCUT2D eigenvalue weighted by Crippen LogP contribution is 2.28. The van der Waals surface area contributed by atoms with Gasteiger partial charge in [-0.25, -0.2) is 4.57 Å². The number of hydrogen-bond donors (Lipinski definition) is 0. The Balaban J connectivity index is 1.91. The van der Waals surface area contributed by atoms with Crippen molar-refractivity contribution in [3.63, 3.8) is 0 Å². The lowest BCUT2D eigenvalue weighted by Gasteiger charge is -2.14. The number of para-hydroxylation sites is 3. The zero-order valence-corrected chi connectivity index (χ0v) is 17.5. The van der Waals surface area contributed by atoms with Gasteiger partial charge in [-0.05, 0) is 30.7 Å². The molecule has 0 aliphatic heterocycles. The first-order valence-corrected chi connectivity index (χ1v) is 10.6. The number of rotatable bonds is 7. The monoisotopic (exact) mass is 430 g/mol. The third-order valence-corrected chi connectivity index (χ3v) is 6.01. The SMILES string of the molecule is COc1ccccc1-n1c(=O)c2ccccc2n2c(SCC(C#N)CCC#N)nnc12. The highest BCUT2D eigenvalue weighted by molar-refractivity contribution is 7.99. The molecule has 0 radical (unpaired) electrons. The van der Waals surface area contributed by atoms with Crippen molar-refractivity contribution in [2.75, 3.05) is 12.9 Å². The second kappa shape index (κ2) is 8.90. The summed E-state index contributed by atoms with van der Waals surface area (Å²) in [6.45, 7) is 0. The first-order chi connectivity index (χ1) is 15.2. The molecule has 31 heavy (non-hydrogen) atoms. The molecule has 9 heteroatoms. The zero-order chi connectivity index (χ0) is 21.8. The van der Waals surface area contributed by atoms with Gasteiger partial charge in [0, 0.05) is 12.2 Å². The Morgan fingerprint density at radius 3 is 2.68 bits per heavy atom. The third kappa shape index (κ3) is 3.72. The highest BCUT2D eigenvalue weighted by Gasteiger charge is 2.20. The molecule has 1 unspecified atom stereocenters. The van der Waals surface area contributed by atoms with Gasteiger partial charge in [-0.2, -0.15) is 10.5 Å². The molecular weight excluding hydrogens is 412 g/mol. The minimum absolute atomic E-state index is 0.222. The standard InChI is InChI=1S/C22H18N6O2S/c1-30-19-11-5-4-10-18(19)27-20(29)16-8-2-3-9-17(16)28-21(27)25-26-22(28)31-14-15(13-24)7-6-12-23/h2-5,8-11,15H,6-7,14H2,1H3. The summed E-state index contributed by atoms with van der Waals surface area (Å²) in [6.07, 6.45) is 0.832. The molecule has 4 rings (SSSR count). The zero-order valence-electron chi connectivity index (χ0n) is 16.7. The van der Waals surface area contributed by atoms with Gasteiger partial charge in [0.2, 0.25) is 5.78 Å². The fraction of sp³-hybridized carbons (Fsp3) is 0.227. The fourth-order valence-corrected chi connectivity index (χ4v) is 4.40. The Morgan fingerprint density at radius 1 is 1.13 bits per heavy atom. The summed E-state index contributed by atoms with van der Waals surface area (Å²) >= 11 is 1.39. The van der Waals surface area contributed by atoms with Crippen LogP contribution in [0, 0.1) is 28.6 Å². The molecule has 2 heterocycles. The summed E-state index contributed by atoms with van der Waals surface area (Å²) in [4.78, 5) is 13.4. The molecule has 4 aromatic rings. The average Bonchev–Trinajstić information content (AvgIpc) is 3.23. The van der Waals surface area contributed by atoms with E-state index in [4.69, 9.17) is 10.00 Å². The van der Waals surface area contributed by atoms with E-state index >= 15 is 0 Å². The van der Waals surface area contributed by atoms with Crippen molar-refractivity contribution in [2.24, 2.45) is 5.92 Å². The van der Waals surface area contributed by atoms with Gasteiger partial charge < -0.3 is 4.74 Å². The van der Waals surface area contributed by atoms with Crippen molar-refractivity contribution in [1.29, 1.82) is 10.5 Å². The molecule has 0 spiro atoms. The second-order valence-corrected chi connectivity index (χ2v) is 7.77. The van der Waals surface area contributed by atoms with E-state index < -0.39 is 0 Å². The van der Waals surface area contributed by atoms with Crippen molar-refractivity contribution in [1.82, 2.24) is 19.2 Å². The largest absolute Gasteiger partial charge is 0.495 e. The Kier molecular flexibility index (Phi) is 5.87. The van der Waals surface area contributed by atoms with Crippen LogP contribution in [0.4, 0.5) is 0 Å². The molecule has 0 N–H and O–H groups in total. The summed E-state index contributed by atoms with van der Waals surface area (Å²) in [5.41, 5.74) is 1.03. The lowest BCUT2D eigenvalue weighted by Crippen LogP contribution is -2.22. The van der Waals surface area contributed by atoms with Crippen molar-refractivity contribution >= 4 is 28.4 Å². The van der Waals surface area contributed by atoms with E-state index in [1.54, 1.807) is 25.3 Å². The number of aromatic nitrogens is 4. The summed E-state index contributed by atoms with van der Waals surface area (Å²) in [5, 5.41) is 27.9. The molecule has 2 aromatic carbocycles. The number of fused-ring (bicyclic) bond motifs is 3. The predicted octanol–water partition coefficient (Wildman–Crippen LogP) is 3.58. The quantitative estimate of drug-likeness (QED) is 0.412. The molecule has 0 fully saturated rings. The minimum Gasteiger partial charge on any atom is -0.495 e. The maximum Gasteiger partial charge on any atom is 0.267 e. The van der Waals surface area contributed by atoms with Gasteiger partial charge in [0.1, 0.15) is 5.75 Å². The van der Waals surface area contributed by atoms with Gasteiger partial charge in [-0.1, -0.05) is 36.0 Å². The van der Waals surface area contributed by atoms with Crippen molar-refractivity contribution < 1.29 is 4.74 Å². The molecular formula is C22H18N6O2S. The fourth-order valence-electron chi connectivity index (χ4n) is 3.40. The topological polar surface area (TPSA) is 109 Å². The Hall–Kier alpha value is -3.82. The molecule has 0 aliphatic rings. The third-order valence-electron chi connectivity index (χ3n) is 4.92. The van der Waals surface area contributed by atoms with E-state index in [-0.39, 0.29) is 11.5 Å². The van der Waals surface area contributed by atoms with Gasteiger partial charge in [0.15, 0.2) is 5.16 Å². The summed E-state index contributed by atoms with van der Waals surface area (Å²) in [5.74, 6) is 1.10. The smallest absolute Gasteiger partial charge is 0.267 e. The predicted molar refractivity (Wildman–Crippen MR) is 117 cm³/mol. The van der Waals surface area contributed by atoms with E-state index in [1.807, 2.05) is 34.7 Å². The maximum absolute atomic E-state index is 13.4. The van der Waals surface area contributed by atoms with E-state index in [9.17, 15) is 10.1 Å². The molecule has 0 amide bonds. The molecule has 2 aromatic heterocycles. The van der Waals surface area contributed by atoms with Gasteiger partial charge in [0.25, 0.3) is 5.56 Å². The molecule has 0 saturated carbocycles. The lowest BCUT2D eigenvalue weighted by atomic mass is 10.1. The number of ether oxygens (including phenoxy) is 1. The van der Waals surface area contributed by atoms with Crippen LogP contribution in [-0.4, -0.2) is 32.0 Å². The molecule has 0 saturated heterocycles. The van der Waals surface area contributed by atoms with E-state index in [0.717, 1.165) is 0 Å². The first kappa shape index (κ1) is 20.5. The van der Waals surface area contributed by atoms with E-state index in [2.05, 4.69) is 22.3 Å². The summed E-state index contributed by atoms with van der Waals surface area (Å²) in [7, 11) is 1.55. The minimum atomic E-state index is -0.275. The lowest BCUT2D eigenvalue weighted by molar-refractivity contribution is 0.413. The van der Waals surface area contributed by atoms with Crippen LogP contribution in [0.2, 0.25) is 0 Å². The Morgan fingerprint density at radius 2 is 1.90 bits per heavy atom. The van der Waals surface area contributed by atoms with Crippen LogP contribution in [-0.2, 0) is 0 Å². The van der Waals surface area contributed by atoms with Crippen LogP contribution in [0.5, 0.6) is 5.75 Å². The van der Waals surface area contributed by atoms with E-state index in [0.29, 0.717) is 51.9 Å². The summed E-state index contributed by atoms with van der Waals surface area (Å²) < 4.78 is 8.79. The van der Waals surface area contributed by atoms with Crippen LogP contribution in [0.1, 0.15) is 12.8 Å². The summed E-state index contributed by atoms with van der Waals surface area (Å²) in [6, 6.07) is 18.8. The molecule has 8 nitrogen and oxygen atoms in total. The number of nitrogens with zero attached hydrogens (tertiary/aromatic N) is 6. The Labute approximate surface area is 182 Å². The van der Waals surface area contributed by atoms with Crippen molar-refractivity contribution in [3.8, 4) is 23.6 Å². The highest BCUT2D eigenvalue weighted by atomic mass is 32.2. The van der Waals surface area contributed by atoms with Crippen LogP contribution in [0.3, 0.4) is 0 Å². The van der Waals surface area contributed by atoms with Crippen LogP contribution in [0.25, 0.3) is 22.4 Å². The van der Waals surface area contributed by atoms with Crippen molar-refractivity contribution in [3.05, 3.63) is 58.9 Å². The normalized spacial score (nSPS) is 11.8. The Bertz CT molecular complexity index is 1400. The van der Waals surface area contributed by atoms with Gasteiger partial charge in [-0.3, -0.25) is 9.20 Å². The number of thioether (sulfide) groups is 1. The number of hydrogen-bond acceptors (Lipinski definition) is 7.